The normalized spacial score (nSPS) is 17.0. The van der Waals surface area contributed by atoms with Gasteiger partial charge < -0.3 is 44.3 Å². The van der Waals surface area contributed by atoms with Crippen LogP contribution in [0.4, 0.5) is 4.79 Å². The van der Waals surface area contributed by atoms with Crippen LogP contribution in [0.5, 0.6) is 0 Å². The maximum Gasteiger partial charge on any atom is 0.407 e. The number of nitrogens with one attached hydrogen (secondary N) is 2. The van der Waals surface area contributed by atoms with Gasteiger partial charge in [0, 0.05) is 17.9 Å². The van der Waals surface area contributed by atoms with Crippen molar-refractivity contribution < 1.29 is 43.8 Å². The Kier molecular flexibility index (Phi) is 17.5. The number of carbonyl (C=O) groups is 1. The Morgan fingerprint density at radius 2 is 1.46 bits per heavy atom. The van der Waals surface area contributed by atoms with Gasteiger partial charge in [0.25, 0.3) is 0 Å². The SMILES string of the molecule is CCC(C)(CC)C(O)OC(CO)CC(C)(C)O[C@H](C)C(C)(C)OCC(O)COC(=O)NC(C)CC(C)(C)OCNC. The van der Waals surface area contributed by atoms with Crippen molar-refractivity contribution in [2.24, 2.45) is 5.41 Å². The van der Waals surface area contributed by atoms with E-state index in [0.717, 1.165) is 12.8 Å². The molecule has 0 aromatic carbocycles. The fourth-order valence-electron chi connectivity index (χ4n) is 4.32. The third kappa shape index (κ3) is 15.8. The van der Waals surface area contributed by atoms with E-state index in [9.17, 15) is 20.1 Å². The van der Waals surface area contributed by atoms with E-state index in [1.54, 1.807) is 7.05 Å². The number of alkyl carbamates (subject to hydrolysis) is 1. The van der Waals surface area contributed by atoms with Gasteiger partial charge in [0.2, 0.25) is 0 Å². The van der Waals surface area contributed by atoms with E-state index >= 15 is 0 Å². The summed E-state index contributed by atoms with van der Waals surface area (Å²) in [5.74, 6) is 0. The summed E-state index contributed by atoms with van der Waals surface area (Å²) in [7, 11) is 1.80. The van der Waals surface area contributed by atoms with Crippen LogP contribution in [-0.2, 0) is 23.7 Å². The van der Waals surface area contributed by atoms with Crippen LogP contribution in [0.3, 0.4) is 0 Å². The van der Waals surface area contributed by atoms with E-state index in [1.807, 2.05) is 76.2 Å². The summed E-state index contributed by atoms with van der Waals surface area (Å²) in [6.45, 7) is 21.0. The predicted molar refractivity (Wildman–Crippen MR) is 160 cm³/mol. The number of hydrogen-bond acceptors (Lipinski definition) is 10. The zero-order valence-corrected chi connectivity index (χ0v) is 27.8. The van der Waals surface area contributed by atoms with Crippen molar-refractivity contribution in [2.75, 3.05) is 33.6 Å². The highest BCUT2D eigenvalue weighted by atomic mass is 16.6. The number of ether oxygens (including phenoxy) is 5. The standard InChI is InChI=1S/C30H62N2O9/c1-13-30(11,14-2)25(35)40-24(17-33)16-28(7,8)41-22(4)29(9,10)38-19-23(34)18-37-26(36)32-21(3)15-27(5,6)39-20-31-12/h21-25,31,33-35H,13-20H2,1-12H3,(H,32,36)/t21?,22-,23?,24?,25?/m1/s1. The van der Waals surface area contributed by atoms with Gasteiger partial charge in [-0.2, -0.15) is 0 Å². The zero-order chi connectivity index (χ0) is 32.1. The van der Waals surface area contributed by atoms with Crippen LogP contribution in [0.2, 0.25) is 0 Å². The largest absolute Gasteiger partial charge is 0.447 e. The Morgan fingerprint density at radius 3 is 1.98 bits per heavy atom. The number of amides is 1. The molecule has 0 heterocycles. The molecule has 0 aromatic rings. The quantitative estimate of drug-likeness (QED) is 0.118. The average molecular weight is 595 g/mol. The summed E-state index contributed by atoms with van der Waals surface area (Å²) >= 11 is 0. The third-order valence-electron chi connectivity index (χ3n) is 7.75. The molecule has 0 bridgehead atoms. The first-order chi connectivity index (χ1) is 18.8. The summed E-state index contributed by atoms with van der Waals surface area (Å²) in [6, 6.07) is -0.190. The molecule has 0 spiro atoms. The van der Waals surface area contributed by atoms with Gasteiger partial charge in [0.05, 0.1) is 49.0 Å². The first kappa shape index (κ1) is 40.0. The minimum absolute atomic E-state index is 0.0595. The Bertz CT molecular complexity index is 729. The lowest BCUT2D eigenvalue weighted by Crippen LogP contribution is -2.47. The van der Waals surface area contributed by atoms with Gasteiger partial charge >= 0.3 is 6.09 Å². The lowest BCUT2D eigenvalue weighted by molar-refractivity contribution is -0.226. The van der Waals surface area contributed by atoms with Crippen molar-refractivity contribution in [1.29, 1.82) is 0 Å². The van der Waals surface area contributed by atoms with E-state index in [-0.39, 0.29) is 25.9 Å². The molecule has 0 aliphatic carbocycles. The van der Waals surface area contributed by atoms with E-state index in [0.29, 0.717) is 19.6 Å². The lowest BCUT2D eigenvalue weighted by atomic mass is 9.84. The molecular weight excluding hydrogens is 532 g/mol. The molecule has 0 aromatic heterocycles. The Balaban J connectivity index is 4.75. The molecule has 0 saturated carbocycles. The molecule has 0 fully saturated rings. The van der Waals surface area contributed by atoms with Crippen LogP contribution < -0.4 is 10.6 Å². The van der Waals surface area contributed by atoms with Crippen LogP contribution >= 0.6 is 0 Å². The molecule has 246 valence electrons. The van der Waals surface area contributed by atoms with Crippen molar-refractivity contribution in [3.8, 4) is 0 Å². The molecule has 1 amide bonds. The number of aliphatic hydroxyl groups is 3. The van der Waals surface area contributed by atoms with Crippen molar-refractivity contribution >= 4 is 6.09 Å². The van der Waals surface area contributed by atoms with E-state index in [1.165, 1.54) is 0 Å². The fraction of sp³-hybridized carbons (Fsp3) is 0.967. The van der Waals surface area contributed by atoms with E-state index in [2.05, 4.69) is 10.6 Å². The van der Waals surface area contributed by atoms with E-state index in [4.69, 9.17) is 23.7 Å². The van der Waals surface area contributed by atoms with Crippen molar-refractivity contribution in [3.05, 3.63) is 0 Å². The molecule has 11 nitrogen and oxygen atoms in total. The first-order valence-corrected chi connectivity index (χ1v) is 14.9. The summed E-state index contributed by atoms with van der Waals surface area (Å²) in [4.78, 5) is 12.2. The minimum atomic E-state index is -1.02. The van der Waals surface area contributed by atoms with Crippen LogP contribution in [0, 0.1) is 5.41 Å². The molecule has 0 radical (unpaired) electrons. The van der Waals surface area contributed by atoms with Gasteiger partial charge in [-0.3, -0.25) is 5.32 Å². The van der Waals surface area contributed by atoms with Gasteiger partial charge in [-0.25, -0.2) is 4.79 Å². The van der Waals surface area contributed by atoms with Gasteiger partial charge in [-0.15, -0.1) is 0 Å². The van der Waals surface area contributed by atoms with Crippen molar-refractivity contribution in [1.82, 2.24) is 10.6 Å². The van der Waals surface area contributed by atoms with Gasteiger partial charge in [-0.05, 0) is 81.7 Å². The molecular formula is C30H62N2O9. The molecule has 41 heavy (non-hydrogen) atoms. The number of aliphatic hydroxyl groups excluding tert-OH is 3. The minimum Gasteiger partial charge on any atom is -0.447 e. The van der Waals surface area contributed by atoms with Gasteiger partial charge in [0.1, 0.15) is 12.7 Å². The molecule has 0 saturated heterocycles. The fourth-order valence-corrected chi connectivity index (χ4v) is 4.32. The topological polar surface area (TPSA) is 148 Å². The molecule has 0 aliphatic rings. The Labute approximate surface area is 249 Å². The monoisotopic (exact) mass is 594 g/mol. The summed E-state index contributed by atoms with van der Waals surface area (Å²) in [6.07, 6.45) is -1.21. The van der Waals surface area contributed by atoms with Crippen LogP contribution in [0.15, 0.2) is 0 Å². The Morgan fingerprint density at radius 1 is 0.878 bits per heavy atom. The third-order valence-corrected chi connectivity index (χ3v) is 7.75. The highest BCUT2D eigenvalue weighted by Crippen LogP contribution is 2.33. The maximum absolute atomic E-state index is 12.2. The molecule has 5 atom stereocenters. The molecule has 11 heteroatoms. The second-order valence-corrected chi connectivity index (χ2v) is 13.2. The number of rotatable bonds is 22. The lowest BCUT2D eigenvalue weighted by Gasteiger charge is -2.40. The summed E-state index contributed by atoms with van der Waals surface area (Å²) in [5.41, 5.74) is -2.32. The number of hydrogen-bond donors (Lipinski definition) is 5. The van der Waals surface area contributed by atoms with Crippen LogP contribution in [-0.4, -0.2) is 102 Å². The summed E-state index contributed by atoms with van der Waals surface area (Å²) < 4.78 is 29.0. The zero-order valence-electron chi connectivity index (χ0n) is 27.8. The average Bonchev–Trinajstić information content (AvgIpc) is 2.87. The molecule has 4 unspecified atom stereocenters. The maximum atomic E-state index is 12.2. The second-order valence-electron chi connectivity index (χ2n) is 13.2. The van der Waals surface area contributed by atoms with Crippen LogP contribution in [0.25, 0.3) is 0 Å². The van der Waals surface area contributed by atoms with E-state index < -0.39 is 52.9 Å². The predicted octanol–water partition coefficient (Wildman–Crippen LogP) is 3.72. The van der Waals surface area contributed by atoms with Crippen molar-refractivity contribution in [3.63, 3.8) is 0 Å². The molecule has 5 N–H and O–H groups in total. The molecule has 0 aliphatic heterocycles. The second kappa shape index (κ2) is 17.9. The van der Waals surface area contributed by atoms with Gasteiger partial charge in [-0.1, -0.05) is 20.8 Å². The highest BCUT2D eigenvalue weighted by molar-refractivity contribution is 5.67. The highest BCUT2D eigenvalue weighted by Gasteiger charge is 2.37. The Hall–Kier alpha value is -1.05. The van der Waals surface area contributed by atoms with Gasteiger partial charge in [0.15, 0.2) is 6.29 Å². The first-order valence-electron chi connectivity index (χ1n) is 14.9. The smallest absolute Gasteiger partial charge is 0.407 e. The van der Waals surface area contributed by atoms with Crippen LogP contribution in [0.1, 0.15) is 102 Å². The molecule has 0 rings (SSSR count). The van der Waals surface area contributed by atoms with Crippen molar-refractivity contribution in [2.45, 2.75) is 149 Å². The number of carbonyl (C=O) groups excluding carboxylic acids is 1. The summed E-state index contributed by atoms with van der Waals surface area (Å²) in [5, 5.41) is 36.6.